The van der Waals surface area contributed by atoms with Crippen molar-refractivity contribution in [3.8, 4) is 5.75 Å². The fourth-order valence-electron chi connectivity index (χ4n) is 2.12. The van der Waals surface area contributed by atoms with Crippen LogP contribution < -0.4 is 4.18 Å². The topological polar surface area (TPSA) is 56.3 Å². The SMILES string of the molecule is Cc1ccc2cccc(OS(=O)(=O)c3cc(Cl)cc(Cl)c3)c2n1. The van der Waals surface area contributed by atoms with Gasteiger partial charge in [0.25, 0.3) is 0 Å². The molecule has 0 bridgehead atoms. The van der Waals surface area contributed by atoms with Crippen molar-refractivity contribution in [1.29, 1.82) is 0 Å². The third kappa shape index (κ3) is 3.42. The molecular weight excluding hydrogens is 357 g/mol. The van der Waals surface area contributed by atoms with Crippen molar-refractivity contribution in [2.75, 3.05) is 0 Å². The Morgan fingerprint density at radius 2 is 1.70 bits per heavy atom. The lowest BCUT2D eigenvalue weighted by Crippen LogP contribution is -2.10. The highest BCUT2D eigenvalue weighted by atomic mass is 35.5. The molecule has 0 aliphatic rings. The van der Waals surface area contributed by atoms with E-state index in [1.165, 1.54) is 18.2 Å². The summed E-state index contributed by atoms with van der Waals surface area (Å²) < 4.78 is 30.2. The average molecular weight is 368 g/mol. The van der Waals surface area contributed by atoms with E-state index in [-0.39, 0.29) is 20.7 Å². The predicted molar refractivity (Wildman–Crippen MR) is 90.8 cm³/mol. The average Bonchev–Trinajstić information content (AvgIpc) is 2.46. The van der Waals surface area contributed by atoms with Crippen LogP contribution in [0.25, 0.3) is 10.9 Å². The van der Waals surface area contributed by atoms with Crippen molar-refractivity contribution in [3.63, 3.8) is 0 Å². The maximum atomic E-state index is 12.5. The minimum absolute atomic E-state index is 0.111. The molecule has 0 atom stereocenters. The van der Waals surface area contributed by atoms with E-state index >= 15 is 0 Å². The quantitative estimate of drug-likeness (QED) is 0.633. The molecule has 0 amide bonds. The zero-order valence-corrected chi connectivity index (χ0v) is 14.3. The second-order valence-corrected chi connectivity index (χ2v) is 7.34. The molecule has 7 heteroatoms. The smallest absolute Gasteiger partial charge is 0.339 e. The van der Waals surface area contributed by atoms with Gasteiger partial charge in [0, 0.05) is 21.1 Å². The van der Waals surface area contributed by atoms with Gasteiger partial charge < -0.3 is 4.18 Å². The van der Waals surface area contributed by atoms with Gasteiger partial charge in [-0.05, 0) is 37.3 Å². The third-order valence-electron chi connectivity index (χ3n) is 3.15. The van der Waals surface area contributed by atoms with E-state index in [2.05, 4.69) is 4.98 Å². The Morgan fingerprint density at radius 3 is 2.39 bits per heavy atom. The summed E-state index contributed by atoms with van der Waals surface area (Å²) in [6.45, 7) is 1.82. The Bertz CT molecular complexity index is 983. The molecule has 4 nitrogen and oxygen atoms in total. The standard InChI is InChI=1S/C16H11Cl2NO3S/c1-10-5-6-11-3-2-4-15(16(11)19-10)22-23(20,21)14-8-12(17)7-13(18)9-14/h2-9H,1H3. The number of aryl methyl sites for hydroxylation is 1. The van der Waals surface area contributed by atoms with Crippen LogP contribution in [0.4, 0.5) is 0 Å². The first-order valence-electron chi connectivity index (χ1n) is 6.62. The molecular formula is C16H11Cl2NO3S. The molecule has 0 saturated carbocycles. The van der Waals surface area contributed by atoms with E-state index in [1.807, 2.05) is 25.1 Å². The van der Waals surface area contributed by atoms with Crippen molar-refractivity contribution in [2.45, 2.75) is 11.8 Å². The lowest BCUT2D eigenvalue weighted by Gasteiger charge is -2.10. The summed E-state index contributed by atoms with van der Waals surface area (Å²) in [6.07, 6.45) is 0. The number of aromatic nitrogens is 1. The largest absolute Gasteiger partial charge is 0.377 e. The second kappa shape index (κ2) is 6.00. The van der Waals surface area contributed by atoms with Crippen LogP contribution >= 0.6 is 23.2 Å². The lowest BCUT2D eigenvalue weighted by atomic mass is 10.2. The van der Waals surface area contributed by atoms with Crippen molar-refractivity contribution in [1.82, 2.24) is 4.98 Å². The van der Waals surface area contributed by atoms with E-state index in [0.29, 0.717) is 5.52 Å². The van der Waals surface area contributed by atoms with Crippen LogP contribution in [-0.2, 0) is 10.1 Å². The van der Waals surface area contributed by atoms with Crippen LogP contribution in [0.3, 0.4) is 0 Å². The zero-order valence-electron chi connectivity index (χ0n) is 12.0. The summed E-state index contributed by atoms with van der Waals surface area (Å²) in [6, 6.07) is 12.8. The number of hydrogen-bond donors (Lipinski definition) is 0. The Kier molecular flexibility index (Phi) is 4.19. The van der Waals surface area contributed by atoms with Crippen LogP contribution in [0, 0.1) is 6.92 Å². The van der Waals surface area contributed by atoms with E-state index in [4.69, 9.17) is 27.4 Å². The highest BCUT2D eigenvalue weighted by Crippen LogP contribution is 2.29. The van der Waals surface area contributed by atoms with Crippen LogP contribution in [0.15, 0.2) is 53.4 Å². The molecule has 3 rings (SSSR count). The third-order valence-corrected chi connectivity index (χ3v) is 4.80. The molecule has 0 aliphatic carbocycles. The number of halogens is 2. The molecule has 3 aromatic rings. The Hall–Kier alpha value is -1.82. The molecule has 1 aromatic heterocycles. The Labute approximate surface area is 143 Å². The van der Waals surface area contributed by atoms with E-state index in [1.54, 1.807) is 12.1 Å². The lowest BCUT2D eigenvalue weighted by molar-refractivity contribution is 0.488. The number of nitrogens with zero attached hydrogens (tertiary/aromatic N) is 1. The van der Waals surface area contributed by atoms with E-state index in [0.717, 1.165) is 11.1 Å². The molecule has 2 aromatic carbocycles. The number of pyridine rings is 1. The zero-order chi connectivity index (χ0) is 16.6. The molecule has 0 aliphatic heterocycles. The molecule has 0 spiro atoms. The van der Waals surface area contributed by atoms with Gasteiger partial charge in [0.15, 0.2) is 5.75 Å². The summed E-state index contributed by atoms with van der Waals surface area (Å²) in [5.74, 6) is 0.155. The summed E-state index contributed by atoms with van der Waals surface area (Å²) in [4.78, 5) is 4.24. The van der Waals surface area contributed by atoms with Gasteiger partial charge in [0.2, 0.25) is 0 Å². The van der Waals surface area contributed by atoms with Crippen LogP contribution in [-0.4, -0.2) is 13.4 Å². The second-order valence-electron chi connectivity index (χ2n) is 4.92. The molecule has 0 radical (unpaired) electrons. The summed E-state index contributed by atoms with van der Waals surface area (Å²) in [5, 5.41) is 1.21. The molecule has 0 unspecified atom stereocenters. The minimum Gasteiger partial charge on any atom is -0.377 e. The van der Waals surface area contributed by atoms with Crippen molar-refractivity contribution in [2.24, 2.45) is 0 Å². The van der Waals surface area contributed by atoms with Gasteiger partial charge >= 0.3 is 10.1 Å². The first kappa shape index (κ1) is 16.1. The molecule has 0 saturated heterocycles. The maximum absolute atomic E-state index is 12.5. The number of rotatable bonds is 3. The van der Waals surface area contributed by atoms with Crippen molar-refractivity contribution < 1.29 is 12.6 Å². The van der Waals surface area contributed by atoms with Crippen molar-refractivity contribution >= 4 is 44.2 Å². The Morgan fingerprint density at radius 1 is 1.00 bits per heavy atom. The monoisotopic (exact) mass is 367 g/mol. The normalized spacial score (nSPS) is 11.6. The van der Waals surface area contributed by atoms with Gasteiger partial charge in [-0.25, -0.2) is 4.98 Å². The number of para-hydroxylation sites is 1. The van der Waals surface area contributed by atoms with Crippen LogP contribution in [0.5, 0.6) is 5.75 Å². The predicted octanol–water partition coefficient (Wildman–Crippen LogP) is 4.62. The minimum atomic E-state index is -4.07. The van der Waals surface area contributed by atoms with Gasteiger partial charge in [-0.3, -0.25) is 0 Å². The maximum Gasteiger partial charge on any atom is 0.339 e. The molecule has 0 fully saturated rings. The van der Waals surface area contributed by atoms with E-state index < -0.39 is 10.1 Å². The molecule has 23 heavy (non-hydrogen) atoms. The number of benzene rings is 2. The summed E-state index contributed by atoms with van der Waals surface area (Å²) in [7, 11) is -4.07. The molecule has 1 heterocycles. The fraction of sp³-hybridized carbons (Fsp3) is 0.0625. The van der Waals surface area contributed by atoms with Gasteiger partial charge in [0.1, 0.15) is 10.4 Å². The molecule has 0 N–H and O–H groups in total. The first-order chi connectivity index (χ1) is 10.8. The van der Waals surface area contributed by atoms with Gasteiger partial charge in [-0.2, -0.15) is 8.42 Å². The number of fused-ring (bicyclic) bond motifs is 1. The number of hydrogen-bond acceptors (Lipinski definition) is 4. The first-order valence-corrected chi connectivity index (χ1v) is 8.78. The van der Waals surface area contributed by atoms with Crippen LogP contribution in [0.1, 0.15) is 5.69 Å². The summed E-state index contributed by atoms with van der Waals surface area (Å²) >= 11 is 11.7. The van der Waals surface area contributed by atoms with Gasteiger partial charge in [0.05, 0.1) is 0 Å². The van der Waals surface area contributed by atoms with Gasteiger partial charge in [-0.15, -0.1) is 0 Å². The fourth-order valence-corrected chi connectivity index (χ4v) is 3.79. The highest BCUT2D eigenvalue weighted by Gasteiger charge is 2.20. The van der Waals surface area contributed by atoms with Gasteiger partial charge in [-0.1, -0.05) is 41.4 Å². The summed E-state index contributed by atoms with van der Waals surface area (Å²) in [5.41, 5.74) is 1.24. The van der Waals surface area contributed by atoms with Crippen molar-refractivity contribution in [3.05, 3.63) is 64.3 Å². The van der Waals surface area contributed by atoms with Crippen LogP contribution in [0.2, 0.25) is 10.0 Å². The molecule has 118 valence electrons. The Balaban J connectivity index is 2.09. The van der Waals surface area contributed by atoms with E-state index in [9.17, 15) is 8.42 Å². The highest BCUT2D eigenvalue weighted by molar-refractivity contribution is 7.87.